The molecule has 0 aliphatic rings. The van der Waals surface area contributed by atoms with E-state index in [-0.39, 0.29) is 23.5 Å². The van der Waals surface area contributed by atoms with Gasteiger partial charge in [0.1, 0.15) is 6.33 Å². The summed E-state index contributed by atoms with van der Waals surface area (Å²) in [7, 11) is 0. The second-order valence-electron chi connectivity index (χ2n) is 2.94. The van der Waals surface area contributed by atoms with Gasteiger partial charge in [0.2, 0.25) is 5.82 Å². The van der Waals surface area contributed by atoms with Crippen LogP contribution in [0.15, 0.2) is 6.33 Å². The van der Waals surface area contributed by atoms with Crippen molar-refractivity contribution in [2.75, 3.05) is 5.43 Å². The van der Waals surface area contributed by atoms with Crippen LogP contribution in [0.5, 0.6) is 5.88 Å². The molecule has 3 N–H and O–H groups in total. The predicted molar refractivity (Wildman–Crippen MR) is 52.3 cm³/mol. The third kappa shape index (κ3) is 2.50. The number of nitrogen functional groups attached to an aromatic ring is 1. The molecule has 1 aromatic heterocycles. The standard InChI is InChI=1S/C7H11N5O3/c1-4(2)15-7-5(12(13)14)6(11-8)9-3-10-7/h3-4H,8H2,1-2H3,(H,9,10,11). The molecule has 15 heavy (non-hydrogen) atoms. The second kappa shape index (κ2) is 4.51. The van der Waals surface area contributed by atoms with Crippen molar-refractivity contribution in [1.29, 1.82) is 0 Å². The minimum atomic E-state index is -0.646. The van der Waals surface area contributed by atoms with Crippen molar-refractivity contribution in [2.24, 2.45) is 5.84 Å². The number of hydrogen-bond acceptors (Lipinski definition) is 7. The van der Waals surface area contributed by atoms with E-state index in [0.29, 0.717) is 0 Å². The van der Waals surface area contributed by atoms with Crippen molar-refractivity contribution in [3.05, 3.63) is 16.4 Å². The minimum Gasteiger partial charge on any atom is -0.470 e. The lowest BCUT2D eigenvalue weighted by molar-refractivity contribution is -0.385. The normalized spacial score (nSPS) is 10.1. The summed E-state index contributed by atoms with van der Waals surface area (Å²) in [4.78, 5) is 17.4. The zero-order chi connectivity index (χ0) is 11.4. The quantitative estimate of drug-likeness (QED) is 0.423. The van der Waals surface area contributed by atoms with E-state index in [1.165, 1.54) is 0 Å². The summed E-state index contributed by atoms with van der Waals surface area (Å²) in [6.07, 6.45) is 0.920. The van der Waals surface area contributed by atoms with Gasteiger partial charge in [-0.3, -0.25) is 10.1 Å². The fraction of sp³-hybridized carbons (Fsp3) is 0.429. The van der Waals surface area contributed by atoms with Gasteiger partial charge >= 0.3 is 5.69 Å². The van der Waals surface area contributed by atoms with Gasteiger partial charge in [0.15, 0.2) is 0 Å². The predicted octanol–water partition coefficient (Wildman–Crippen LogP) is 0.458. The maximum atomic E-state index is 10.7. The number of nitrogens with one attached hydrogen (secondary N) is 1. The van der Waals surface area contributed by atoms with Crippen LogP contribution in [0.1, 0.15) is 13.8 Å². The highest BCUT2D eigenvalue weighted by atomic mass is 16.6. The molecule has 1 rings (SSSR count). The minimum absolute atomic E-state index is 0.0781. The van der Waals surface area contributed by atoms with E-state index in [9.17, 15) is 10.1 Å². The SMILES string of the molecule is CC(C)Oc1ncnc(NN)c1[N+](=O)[O-]. The van der Waals surface area contributed by atoms with Gasteiger partial charge in [0.25, 0.3) is 5.88 Å². The zero-order valence-corrected chi connectivity index (χ0v) is 8.30. The average molecular weight is 213 g/mol. The van der Waals surface area contributed by atoms with Crippen LogP contribution >= 0.6 is 0 Å². The molecule has 0 saturated heterocycles. The first-order chi connectivity index (χ1) is 7.06. The van der Waals surface area contributed by atoms with Crippen LogP contribution in [0.4, 0.5) is 11.5 Å². The summed E-state index contributed by atoms with van der Waals surface area (Å²) in [5.41, 5.74) is 1.75. The van der Waals surface area contributed by atoms with E-state index in [4.69, 9.17) is 10.6 Å². The van der Waals surface area contributed by atoms with Gasteiger partial charge in [-0.25, -0.2) is 10.8 Å². The number of nitrogens with two attached hydrogens (primary N) is 1. The molecular weight excluding hydrogens is 202 g/mol. The number of hydrogen-bond donors (Lipinski definition) is 2. The number of anilines is 1. The molecule has 0 amide bonds. The third-order valence-corrected chi connectivity index (χ3v) is 1.46. The lowest BCUT2D eigenvalue weighted by Crippen LogP contribution is -2.14. The molecule has 0 aliphatic carbocycles. The Morgan fingerprint density at radius 2 is 2.27 bits per heavy atom. The summed E-state index contributed by atoms with van der Waals surface area (Å²) in [5, 5.41) is 10.7. The number of nitro groups is 1. The summed E-state index contributed by atoms with van der Waals surface area (Å²) in [6.45, 7) is 3.47. The molecule has 0 unspecified atom stereocenters. The monoisotopic (exact) mass is 213 g/mol. The van der Waals surface area contributed by atoms with Gasteiger partial charge in [0, 0.05) is 0 Å². The van der Waals surface area contributed by atoms with E-state index in [0.717, 1.165) is 6.33 Å². The van der Waals surface area contributed by atoms with Crippen LogP contribution in [0.2, 0.25) is 0 Å². The van der Waals surface area contributed by atoms with Gasteiger partial charge in [-0.2, -0.15) is 4.98 Å². The van der Waals surface area contributed by atoms with Gasteiger partial charge in [0.05, 0.1) is 11.0 Å². The molecule has 8 nitrogen and oxygen atoms in total. The number of nitrogens with zero attached hydrogens (tertiary/aromatic N) is 3. The summed E-state index contributed by atoms with van der Waals surface area (Å²) in [5.74, 6) is 4.91. The van der Waals surface area contributed by atoms with Crippen LogP contribution in [-0.2, 0) is 0 Å². The first-order valence-corrected chi connectivity index (χ1v) is 4.19. The molecule has 0 fully saturated rings. The Morgan fingerprint density at radius 1 is 1.60 bits per heavy atom. The molecule has 1 heterocycles. The number of aromatic nitrogens is 2. The van der Waals surface area contributed by atoms with E-state index in [1.807, 2.05) is 0 Å². The molecule has 0 spiro atoms. The van der Waals surface area contributed by atoms with Gasteiger partial charge < -0.3 is 10.2 Å². The molecule has 8 heteroatoms. The van der Waals surface area contributed by atoms with Crippen LogP contribution in [-0.4, -0.2) is 21.0 Å². The molecule has 0 aromatic carbocycles. The molecular formula is C7H11N5O3. The Hall–Kier alpha value is -1.96. The first-order valence-electron chi connectivity index (χ1n) is 4.19. The Morgan fingerprint density at radius 3 is 2.73 bits per heavy atom. The largest absolute Gasteiger partial charge is 0.470 e. The maximum absolute atomic E-state index is 10.7. The van der Waals surface area contributed by atoms with Crippen molar-refractivity contribution in [2.45, 2.75) is 20.0 Å². The molecule has 0 bridgehead atoms. The summed E-state index contributed by atoms with van der Waals surface area (Å²) in [6, 6.07) is 0. The highest BCUT2D eigenvalue weighted by Gasteiger charge is 2.24. The van der Waals surface area contributed by atoms with Crippen molar-refractivity contribution < 1.29 is 9.66 Å². The van der Waals surface area contributed by atoms with Gasteiger partial charge in [-0.1, -0.05) is 0 Å². The Balaban J connectivity index is 3.19. The fourth-order valence-electron chi connectivity index (χ4n) is 0.942. The lowest BCUT2D eigenvalue weighted by Gasteiger charge is -2.09. The van der Waals surface area contributed by atoms with Crippen molar-refractivity contribution in [3.63, 3.8) is 0 Å². The topological polar surface area (TPSA) is 116 Å². The number of rotatable bonds is 4. The third-order valence-electron chi connectivity index (χ3n) is 1.46. The molecule has 0 atom stereocenters. The van der Waals surface area contributed by atoms with E-state index in [2.05, 4.69) is 15.4 Å². The van der Waals surface area contributed by atoms with Crippen LogP contribution in [0, 0.1) is 10.1 Å². The molecule has 82 valence electrons. The first kappa shape index (κ1) is 11.1. The highest BCUT2D eigenvalue weighted by Crippen LogP contribution is 2.30. The van der Waals surface area contributed by atoms with Crippen LogP contribution in [0.25, 0.3) is 0 Å². The summed E-state index contributed by atoms with van der Waals surface area (Å²) < 4.78 is 5.16. The molecule has 1 aromatic rings. The van der Waals surface area contributed by atoms with Gasteiger partial charge in [-0.05, 0) is 13.8 Å². The smallest absolute Gasteiger partial charge is 0.374 e. The van der Waals surface area contributed by atoms with Crippen molar-refractivity contribution >= 4 is 11.5 Å². The van der Waals surface area contributed by atoms with Crippen LogP contribution in [0.3, 0.4) is 0 Å². The Kier molecular flexibility index (Phi) is 3.34. The fourth-order valence-corrected chi connectivity index (χ4v) is 0.942. The summed E-state index contributed by atoms with van der Waals surface area (Å²) >= 11 is 0. The molecule has 0 aliphatic heterocycles. The zero-order valence-electron chi connectivity index (χ0n) is 8.30. The Labute approximate surface area is 85.6 Å². The second-order valence-corrected chi connectivity index (χ2v) is 2.94. The maximum Gasteiger partial charge on any atom is 0.374 e. The van der Waals surface area contributed by atoms with Gasteiger partial charge in [-0.15, -0.1) is 0 Å². The van der Waals surface area contributed by atoms with Crippen LogP contribution < -0.4 is 16.0 Å². The van der Waals surface area contributed by atoms with E-state index < -0.39 is 4.92 Å². The van der Waals surface area contributed by atoms with E-state index >= 15 is 0 Å². The molecule has 0 saturated carbocycles. The number of hydrazine groups is 1. The Bertz CT molecular complexity index is 368. The van der Waals surface area contributed by atoms with Crippen molar-refractivity contribution in [1.82, 2.24) is 9.97 Å². The average Bonchev–Trinajstić information content (AvgIpc) is 2.15. The van der Waals surface area contributed by atoms with E-state index in [1.54, 1.807) is 13.8 Å². The number of ether oxygens (including phenoxy) is 1. The molecule has 0 radical (unpaired) electrons. The lowest BCUT2D eigenvalue weighted by atomic mass is 10.4. The van der Waals surface area contributed by atoms with Crippen molar-refractivity contribution in [3.8, 4) is 5.88 Å². The highest BCUT2D eigenvalue weighted by molar-refractivity contribution is 5.60.